The molecule has 0 unspecified atom stereocenters. The van der Waals surface area contributed by atoms with E-state index in [0.717, 1.165) is 5.56 Å². The minimum atomic E-state index is -0.657. The minimum absolute atomic E-state index is 0.119. The molecule has 1 N–H and O–H groups in total. The lowest BCUT2D eigenvalue weighted by Gasteiger charge is -2.07. The number of esters is 1. The Kier molecular flexibility index (Phi) is 7.26. The van der Waals surface area contributed by atoms with Crippen LogP contribution in [0.25, 0.3) is 0 Å². The summed E-state index contributed by atoms with van der Waals surface area (Å²) in [5, 5.41) is 14.6. The molecule has 1 amide bonds. The van der Waals surface area contributed by atoms with Crippen molar-refractivity contribution in [2.45, 2.75) is 6.92 Å². The summed E-state index contributed by atoms with van der Waals surface area (Å²) in [6.45, 7) is 1.70. The van der Waals surface area contributed by atoms with Crippen LogP contribution in [-0.4, -0.2) is 29.6 Å². The van der Waals surface area contributed by atoms with Gasteiger partial charge in [0.2, 0.25) is 0 Å². The van der Waals surface area contributed by atoms with Gasteiger partial charge in [0.15, 0.2) is 6.61 Å². The van der Waals surface area contributed by atoms with Gasteiger partial charge in [0.05, 0.1) is 16.7 Å². The Morgan fingerprint density at radius 2 is 1.81 bits per heavy atom. The Balaban J connectivity index is 1.53. The molecule has 0 aromatic heterocycles. The molecule has 3 aromatic carbocycles. The zero-order valence-corrected chi connectivity index (χ0v) is 17.1. The van der Waals surface area contributed by atoms with Gasteiger partial charge in [0.25, 0.3) is 11.6 Å². The highest BCUT2D eigenvalue weighted by Gasteiger charge is 2.11. The maximum Gasteiger partial charge on any atom is 0.343 e. The summed E-state index contributed by atoms with van der Waals surface area (Å²) in [5.74, 6) is -0.207. The third-order valence-electron chi connectivity index (χ3n) is 4.24. The summed E-state index contributed by atoms with van der Waals surface area (Å²) < 4.78 is 10.7. The normalized spacial score (nSPS) is 10.5. The fourth-order valence-corrected chi connectivity index (χ4v) is 2.62. The number of aryl methyl sites for hydroxylation is 1. The maximum atomic E-state index is 12.2. The lowest BCUT2D eigenvalue weighted by Crippen LogP contribution is -2.24. The van der Waals surface area contributed by atoms with E-state index in [1.165, 1.54) is 30.5 Å². The molecule has 0 heterocycles. The van der Waals surface area contributed by atoms with Gasteiger partial charge in [0.1, 0.15) is 11.5 Å². The van der Waals surface area contributed by atoms with Crippen molar-refractivity contribution in [2.24, 2.45) is 5.10 Å². The number of carbonyl (C=O) groups excluding carboxylic acids is 2. The molecule has 0 atom stereocenters. The lowest BCUT2D eigenvalue weighted by molar-refractivity contribution is -0.384. The smallest absolute Gasteiger partial charge is 0.343 e. The zero-order valence-electron chi connectivity index (χ0n) is 17.1. The number of carbonyl (C=O) groups is 2. The van der Waals surface area contributed by atoms with Crippen molar-refractivity contribution in [3.63, 3.8) is 0 Å². The molecule has 3 aromatic rings. The highest BCUT2D eigenvalue weighted by Crippen LogP contribution is 2.17. The first-order valence-electron chi connectivity index (χ1n) is 9.49. The van der Waals surface area contributed by atoms with Crippen molar-refractivity contribution < 1.29 is 24.0 Å². The average molecular weight is 433 g/mol. The van der Waals surface area contributed by atoms with Crippen LogP contribution in [0.3, 0.4) is 0 Å². The predicted octanol–water partition coefficient (Wildman–Crippen LogP) is 3.65. The van der Waals surface area contributed by atoms with E-state index in [4.69, 9.17) is 9.47 Å². The molecule has 0 fully saturated rings. The Bertz CT molecular complexity index is 1160. The van der Waals surface area contributed by atoms with E-state index in [2.05, 4.69) is 10.5 Å². The van der Waals surface area contributed by atoms with E-state index in [1.54, 1.807) is 30.3 Å². The highest BCUT2D eigenvalue weighted by atomic mass is 16.6. The first-order chi connectivity index (χ1) is 15.4. The molecule has 0 aliphatic rings. The topological polar surface area (TPSA) is 120 Å². The largest absolute Gasteiger partial charge is 0.483 e. The summed E-state index contributed by atoms with van der Waals surface area (Å²) in [6, 6.07) is 19.0. The number of ether oxygens (including phenoxy) is 2. The fourth-order valence-electron chi connectivity index (χ4n) is 2.62. The minimum Gasteiger partial charge on any atom is -0.483 e. The Morgan fingerprint density at radius 3 is 2.53 bits per heavy atom. The number of nitrogens with zero attached hydrogens (tertiary/aromatic N) is 2. The third kappa shape index (κ3) is 6.23. The molecular formula is C23H19N3O6. The number of hydrazone groups is 1. The molecule has 0 bridgehead atoms. The van der Waals surface area contributed by atoms with Crippen LogP contribution in [0.2, 0.25) is 0 Å². The third-order valence-corrected chi connectivity index (χ3v) is 4.24. The second-order valence-corrected chi connectivity index (χ2v) is 6.61. The van der Waals surface area contributed by atoms with Gasteiger partial charge in [-0.3, -0.25) is 14.9 Å². The van der Waals surface area contributed by atoms with Crippen LogP contribution < -0.4 is 14.9 Å². The van der Waals surface area contributed by atoms with Crippen molar-refractivity contribution >= 4 is 23.8 Å². The van der Waals surface area contributed by atoms with Crippen LogP contribution in [0.4, 0.5) is 5.69 Å². The average Bonchev–Trinajstić information content (AvgIpc) is 2.79. The zero-order chi connectivity index (χ0) is 22.9. The molecular weight excluding hydrogens is 414 g/mol. The van der Waals surface area contributed by atoms with Crippen molar-refractivity contribution in [2.75, 3.05) is 6.61 Å². The number of nitro benzene ring substituents is 1. The number of amides is 1. The molecule has 9 nitrogen and oxygen atoms in total. The van der Waals surface area contributed by atoms with Crippen molar-refractivity contribution in [1.82, 2.24) is 5.43 Å². The molecule has 9 heteroatoms. The number of para-hydroxylation sites is 1. The maximum absolute atomic E-state index is 12.2. The molecule has 0 radical (unpaired) electrons. The van der Waals surface area contributed by atoms with Gasteiger partial charge in [-0.05, 0) is 48.4 Å². The Labute approximate surface area is 183 Å². The molecule has 0 spiro atoms. The monoisotopic (exact) mass is 433 g/mol. The van der Waals surface area contributed by atoms with E-state index in [1.807, 2.05) is 25.1 Å². The summed E-state index contributed by atoms with van der Waals surface area (Å²) in [4.78, 5) is 34.3. The first kappa shape index (κ1) is 22.2. The SMILES string of the molecule is Cc1ccccc1OCC(=O)NN=Cc1cccc(OC(=O)c2ccc([N+](=O)[O-])cc2)c1. The summed E-state index contributed by atoms with van der Waals surface area (Å²) in [6.07, 6.45) is 1.40. The highest BCUT2D eigenvalue weighted by molar-refractivity contribution is 5.91. The summed E-state index contributed by atoms with van der Waals surface area (Å²) >= 11 is 0. The molecule has 0 saturated carbocycles. The number of benzene rings is 3. The summed E-state index contributed by atoms with van der Waals surface area (Å²) in [5.41, 5.74) is 3.92. The molecule has 3 rings (SSSR count). The standard InChI is InChI=1S/C23H19N3O6/c1-16-5-2-3-8-21(16)31-15-22(27)25-24-14-17-6-4-7-20(13-17)32-23(28)18-9-11-19(12-10-18)26(29)30/h2-14H,15H2,1H3,(H,25,27). The second-order valence-electron chi connectivity index (χ2n) is 6.61. The van der Waals surface area contributed by atoms with Crippen LogP contribution in [0, 0.1) is 17.0 Å². The van der Waals surface area contributed by atoms with E-state index in [0.29, 0.717) is 11.3 Å². The van der Waals surface area contributed by atoms with Gasteiger partial charge in [-0.2, -0.15) is 5.10 Å². The first-order valence-corrected chi connectivity index (χ1v) is 9.49. The van der Waals surface area contributed by atoms with Gasteiger partial charge >= 0.3 is 5.97 Å². The van der Waals surface area contributed by atoms with E-state index in [9.17, 15) is 19.7 Å². The van der Waals surface area contributed by atoms with E-state index in [-0.39, 0.29) is 23.6 Å². The molecule has 0 saturated heterocycles. The molecule has 0 aliphatic heterocycles. The fraction of sp³-hybridized carbons (Fsp3) is 0.0870. The second kappa shape index (κ2) is 10.5. The van der Waals surface area contributed by atoms with Crippen LogP contribution in [-0.2, 0) is 4.79 Å². The predicted molar refractivity (Wildman–Crippen MR) is 117 cm³/mol. The number of nitro groups is 1. The molecule has 162 valence electrons. The number of rotatable bonds is 8. The Hall–Kier alpha value is -4.53. The van der Waals surface area contributed by atoms with Gasteiger partial charge < -0.3 is 9.47 Å². The van der Waals surface area contributed by atoms with Crippen LogP contribution >= 0.6 is 0 Å². The number of hydrogen-bond donors (Lipinski definition) is 1. The van der Waals surface area contributed by atoms with Crippen LogP contribution in [0.1, 0.15) is 21.5 Å². The summed E-state index contributed by atoms with van der Waals surface area (Å²) in [7, 11) is 0. The van der Waals surface area contributed by atoms with Crippen molar-refractivity contribution in [1.29, 1.82) is 0 Å². The number of non-ortho nitro benzene ring substituents is 1. The number of hydrogen-bond acceptors (Lipinski definition) is 7. The van der Waals surface area contributed by atoms with Gasteiger partial charge in [-0.25, -0.2) is 10.2 Å². The lowest BCUT2D eigenvalue weighted by atomic mass is 10.2. The van der Waals surface area contributed by atoms with Crippen LogP contribution in [0.5, 0.6) is 11.5 Å². The molecule has 0 aliphatic carbocycles. The van der Waals surface area contributed by atoms with E-state index >= 15 is 0 Å². The van der Waals surface area contributed by atoms with Crippen molar-refractivity contribution in [3.05, 3.63) is 99.6 Å². The number of nitrogens with one attached hydrogen (secondary N) is 1. The van der Waals surface area contributed by atoms with E-state index < -0.39 is 16.8 Å². The van der Waals surface area contributed by atoms with Crippen molar-refractivity contribution in [3.8, 4) is 11.5 Å². The quantitative estimate of drug-likeness (QED) is 0.190. The van der Waals surface area contributed by atoms with Gasteiger partial charge in [-0.1, -0.05) is 30.3 Å². The van der Waals surface area contributed by atoms with Crippen LogP contribution in [0.15, 0.2) is 77.9 Å². The molecule has 32 heavy (non-hydrogen) atoms. The van der Waals surface area contributed by atoms with Gasteiger partial charge in [-0.15, -0.1) is 0 Å². The van der Waals surface area contributed by atoms with Gasteiger partial charge in [0, 0.05) is 12.1 Å². The Morgan fingerprint density at radius 1 is 1.06 bits per heavy atom.